The third-order valence-electron chi connectivity index (χ3n) is 3.35. The van der Waals surface area contributed by atoms with E-state index in [2.05, 4.69) is 6.07 Å². The lowest BCUT2D eigenvalue weighted by Crippen LogP contribution is -2.27. The van der Waals surface area contributed by atoms with Crippen LogP contribution < -0.4 is 0 Å². The van der Waals surface area contributed by atoms with E-state index in [9.17, 15) is 0 Å². The summed E-state index contributed by atoms with van der Waals surface area (Å²) >= 11 is 5.82. The van der Waals surface area contributed by atoms with E-state index in [1.165, 1.54) is 12.0 Å². The molecule has 1 aromatic carbocycles. The standard InChI is InChI=1S/C13H14ClN/c14-12-4-2-11(3-5-12)6-9-13(10-15)7-1-8-13/h2-5H,1,6-9H2. The third-order valence-corrected chi connectivity index (χ3v) is 3.61. The van der Waals surface area contributed by atoms with Crippen molar-refractivity contribution < 1.29 is 0 Å². The molecule has 78 valence electrons. The lowest BCUT2D eigenvalue weighted by Gasteiger charge is -2.35. The molecule has 1 aromatic rings. The van der Waals surface area contributed by atoms with Crippen LogP contribution in [0.2, 0.25) is 5.02 Å². The van der Waals surface area contributed by atoms with Gasteiger partial charge in [-0.3, -0.25) is 0 Å². The van der Waals surface area contributed by atoms with Crippen LogP contribution in [-0.2, 0) is 6.42 Å². The van der Waals surface area contributed by atoms with Gasteiger partial charge in [0.1, 0.15) is 0 Å². The molecule has 0 heterocycles. The fourth-order valence-corrected chi connectivity index (χ4v) is 2.18. The maximum absolute atomic E-state index is 9.09. The molecule has 0 spiro atoms. The number of hydrogen-bond donors (Lipinski definition) is 0. The first kappa shape index (κ1) is 10.5. The van der Waals surface area contributed by atoms with Gasteiger partial charge in [-0.1, -0.05) is 30.2 Å². The van der Waals surface area contributed by atoms with Crippen molar-refractivity contribution in [3.63, 3.8) is 0 Å². The number of hydrogen-bond acceptors (Lipinski definition) is 1. The zero-order valence-electron chi connectivity index (χ0n) is 8.67. The summed E-state index contributed by atoms with van der Waals surface area (Å²) in [6.45, 7) is 0. The Balaban J connectivity index is 1.93. The molecule has 1 saturated carbocycles. The highest BCUT2D eigenvalue weighted by Crippen LogP contribution is 2.43. The minimum absolute atomic E-state index is 0.0142. The van der Waals surface area contributed by atoms with Crippen LogP contribution in [0.15, 0.2) is 24.3 Å². The Bertz CT molecular complexity index is 371. The molecule has 0 aliphatic heterocycles. The van der Waals surface area contributed by atoms with Crippen molar-refractivity contribution in [1.29, 1.82) is 5.26 Å². The summed E-state index contributed by atoms with van der Waals surface area (Å²) in [5.74, 6) is 0. The molecule has 0 aromatic heterocycles. The molecule has 2 rings (SSSR count). The van der Waals surface area contributed by atoms with Gasteiger partial charge in [-0.15, -0.1) is 0 Å². The smallest absolute Gasteiger partial charge is 0.0689 e. The van der Waals surface area contributed by atoms with Crippen molar-refractivity contribution in [1.82, 2.24) is 0 Å². The number of nitrogens with zero attached hydrogens (tertiary/aromatic N) is 1. The monoisotopic (exact) mass is 219 g/mol. The fraction of sp³-hybridized carbons (Fsp3) is 0.462. The van der Waals surface area contributed by atoms with Crippen LogP contribution in [0, 0.1) is 16.7 Å². The van der Waals surface area contributed by atoms with Gasteiger partial charge in [-0.2, -0.15) is 5.26 Å². The Labute approximate surface area is 95.7 Å². The lowest BCUT2D eigenvalue weighted by atomic mass is 9.67. The van der Waals surface area contributed by atoms with Crippen molar-refractivity contribution in [2.24, 2.45) is 5.41 Å². The van der Waals surface area contributed by atoms with E-state index in [0.717, 1.165) is 30.7 Å². The Morgan fingerprint density at radius 3 is 2.40 bits per heavy atom. The first-order chi connectivity index (χ1) is 7.24. The van der Waals surface area contributed by atoms with Crippen molar-refractivity contribution in [2.45, 2.75) is 32.1 Å². The molecule has 0 atom stereocenters. The first-order valence-corrected chi connectivity index (χ1v) is 5.78. The summed E-state index contributed by atoms with van der Waals surface area (Å²) in [6.07, 6.45) is 5.36. The van der Waals surface area contributed by atoms with Crippen LogP contribution in [0.3, 0.4) is 0 Å². The van der Waals surface area contributed by atoms with Crippen LogP contribution in [0.4, 0.5) is 0 Å². The number of nitriles is 1. The van der Waals surface area contributed by atoms with Gasteiger partial charge >= 0.3 is 0 Å². The van der Waals surface area contributed by atoms with Gasteiger partial charge in [-0.05, 0) is 43.4 Å². The van der Waals surface area contributed by atoms with E-state index in [1.807, 2.05) is 24.3 Å². The van der Waals surface area contributed by atoms with Gasteiger partial charge in [0.15, 0.2) is 0 Å². The van der Waals surface area contributed by atoms with Gasteiger partial charge < -0.3 is 0 Å². The van der Waals surface area contributed by atoms with Crippen molar-refractivity contribution in [2.75, 3.05) is 0 Å². The Morgan fingerprint density at radius 2 is 1.93 bits per heavy atom. The zero-order valence-corrected chi connectivity index (χ0v) is 9.43. The number of benzene rings is 1. The summed E-state index contributed by atoms with van der Waals surface area (Å²) in [5, 5.41) is 9.86. The number of rotatable bonds is 3. The largest absolute Gasteiger partial charge is 0.198 e. The van der Waals surface area contributed by atoms with Crippen LogP contribution in [0.25, 0.3) is 0 Å². The number of aryl methyl sites for hydroxylation is 1. The SMILES string of the molecule is N#CC1(CCc2ccc(Cl)cc2)CCC1. The maximum atomic E-state index is 9.09. The van der Waals surface area contributed by atoms with E-state index < -0.39 is 0 Å². The Kier molecular flexibility index (Phi) is 2.98. The van der Waals surface area contributed by atoms with Gasteiger partial charge in [0.05, 0.1) is 11.5 Å². The normalized spacial score (nSPS) is 17.9. The average molecular weight is 220 g/mol. The molecule has 15 heavy (non-hydrogen) atoms. The van der Waals surface area contributed by atoms with Gasteiger partial charge in [-0.25, -0.2) is 0 Å². The molecule has 1 aliphatic carbocycles. The maximum Gasteiger partial charge on any atom is 0.0689 e. The van der Waals surface area contributed by atoms with Gasteiger partial charge in [0.25, 0.3) is 0 Å². The zero-order chi connectivity index (χ0) is 10.7. The van der Waals surface area contributed by atoms with Crippen LogP contribution in [0.5, 0.6) is 0 Å². The summed E-state index contributed by atoms with van der Waals surface area (Å²) in [6, 6.07) is 10.4. The van der Waals surface area contributed by atoms with Crippen molar-refractivity contribution in [3.8, 4) is 6.07 Å². The second-order valence-corrected chi connectivity index (χ2v) is 4.81. The third kappa shape index (κ3) is 2.33. The second-order valence-electron chi connectivity index (χ2n) is 4.37. The summed E-state index contributed by atoms with van der Waals surface area (Å²) < 4.78 is 0. The van der Waals surface area contributed by atoms with E-state index in [4.69, 9.17) is 16.9 Å². The summed E-state index contributed by atoms with van der Waals surface area (Å²) in [4.78, 5) is 0. The Morgan fingerprint density at radius 1 is 1.27 bits per heavy atom. The first-order valence-electron chi connectivity index (χ1n) is 5.40. The molecule has 0 bridgehead atoms. The average Bonchev–Trinajstić information content (AvgIpc) is 2.20. The number of halogens is 1. The molecular weight excluding hydrogens is 206 g/mol. The topological polar surface area (TPSA) is 23.8 Å². The highest BCUT2D eigenvalue weighted by atomic mass is 35.5. The molecule has 0 amide bonds. The summed E-state index contributed by atoms with van der Waals surface area (Å²) in [7, 11) is 0. The molecule has 1 aliphatic rings. The lowest BCUT2D eigenvalue weighted by molar-refractivity contribution is 0.198. The molecule has 0 unspecified atom stereocenters. The van der Waals surface area contributed by atoms with Crippen LogP contribution >= 0.6 is 11.6 Å². The molecule has 2 heteroatoms. The van der Waals surface area contributed by atoms with Crippen molar-refractivity contribution in [3.05, 3.63) is 34.9 Å². The molecule has 0 saturated heterocycles. The molecule has 0 N–H and O–H groups in total. The molecule has 1 fully saturated rings. The van der Waals surface area contributed by atoms with E-state index in [-0.39, 0.29) is 5.41 Å². The van der Waals surface area contributed by atoms with Gasteiger partial charge in [0.2, 0.25) is 0 Å². The highest BCUT2D eigenvalue weighted by Gasteiger charge is 2.36. The quantitative estimate of drug-likeness (QED) is 0.755. The second kappa shape index (κ2) is 4.24. The Hall–Kier alpha value is -1.00. The van der Waals surface area contributed by atoms with E-state index in [1.54, 1.807) is 0 Å². The van der Waals surface area contributed by atoms with Crippen LogP contribution in [0.1, 0.15) is 31.2 Å². The fourth-order valence-electron chi connectivity index (χ4n) is 2.06. The summed E-state index contributed by atoms with van der Waals surface area (Å²) in [5.41, 5.74) is 1.26. The molecular formula is C13H14ClN. The predicted octanol–water partition coefficient (Wildman–Crippen LogP) is 3.97. The minimum Gasteiger partial charge on any atom is -0.198 e. The van der Waals surface area contributed by atoms with Crippen LogP contribution in [-0.4, -0.2) is 0 Å². The highest BCUT2D eigenvalue weighted by molar-refractivity contribution is 6.30. The molecule has 1 nitrogen and oxygen atoms in total. The molecule has 0 radical (unpaired) electrons. The predicted molar refractivity (Wildman–Crippen MR) is 61.7 cm³/mol. The van der Waals surface area contributed by atoms with Gasteiger partial charge in [0, 0.05) is 5.02 Å². The minimum atomic E-state index is -0.0142. The van der Waals surface area contributed by atoms with E-state index >= 15 is 0 Å². The van der Waals surface area contributed by atoms with E-state index in [0.29, 0.717) is 0 Å². The van der Waals surface area contributed by atoms with Crippen molar-refractivity contribution >= 4 is 11.6 Å².